The molecule has 0 saturated carbocycles. The number of amidine groups is 1. The van der Waals surface area contributed by atoms with Crippen molar-refractivity contribution in [3.05, 3.63) is 101 Å². The lowest BCUT2D eigenvalue weighted by Crippen LogP contribution is -2.17. The van der Waals surface area contributed by atoms with Gasteiger partial charge in [-0.1, -0.05) is 69.3 Å². The van der Waals surface area contributed by atoms with Crippen LogP contribution >= 0.6 is 0 Å². The van der Waals surface area contributed by atoms with E-state index in [1.807, 2.05) is 81.5 Å². The van der Waals surface area contributed by atoms with Crippen LogP contribution in [0, 0.1) is 12.3 Å². The number of carbonyl (C=O) groups is 1. The van der Waals surface area contributed by atoms with E-state index in [9.17, 15) is 4.79 Å². The number of benzene rings is 2. The fraction of sp³-hybridized carbons (Fsp3) is 0.312. The number of methoxy groups -OCH3 is 1. The van der Waals surface area contributed by atoms with Crippen molar-refractivity contribution in [2.75, 3.05) is 19.0 Å². The SMILES string of the molecule is C=C(C)NC1=NCC(C(C)(C)C)=C1.COc1cccc(/C(C)=C/C=C(\C)C(=O)Nc2ccc(C)cc2)c1. The maximum absolute atomic E-state index is 12.2. The lowest BCUT2D eigenvalue weighted by atomic mass is 9.87. The van der Waals surface area contributed by atoms with Gasteiger partial charge in [-0.25, -0.2) is 0 Å². The molecule has 5 heteroatoms. The summed E-state index contributed by atoms with van der Waals surface area (Å²) in [5.74, 6) is 1.66. The molecule has 0 saturated heterocycles. The third-order valence-electron chi connectivity index (χ3n) is 5.81. The van der Waals surface area contributed by atoms with Crippen LogP contribution in [0.3, 0.4) is 0 Å². The highest BCUT2D eigenvalue weighted by Gasteiger charge is 2.20. The number of allylic oxidation sites excluding steroid dienone is 4. The third kappa shape index (κ3) is 9.96. The Morgan fingerprint density at radius 2 is 1.70 bits per heavy atom. The molecule has 0 unspecified atom stereocenters. The molecule has 0 aliphatic carbocycles. The van der Waals surface area contributed by atoms with Crippen LogP contribution in [0.25, 0.3) is 5.57 Å². The number of nitrogens with one attached hydrogen (secondary N) is 2. The number of carbonyl (C=O) groups excluding carboxylic acids is 1. The van der Waals surface area contributed by atoms with Gasteiger partial charge in [-0.15, -0.1) is 0 Å². The van der Waals surface area contributed by atoms with Crippen LogP contribution in [-0.2, 0) is 4.79 Å². The first kappa shape index (κ1) is 29.4. The summed E-state index contributed by atoms with van der Waals surface area (Å²) in [5, 5.41) is 6.02. The van der Waals surface area contributed by atoms with E-state index in [0.717, 1.165) is 46.2 Å². The summed E-state index contributed by atoms with van der Waals surface area (Å²) in [6.07, 6.45) is 5.89. The second-order valence-electron chi connectivity index (χ2n) is 10.3. The molecule has 2 N–H and O–H groups in total. The topological polar surface area (TPSA) is 62.7 Å². The smallest absolute Gasteiger partial charge is 0.251 e. The standard InChI is InChI=1S/C21H23NO2.C11H18N2/c1-15-8-12-19(13-9-15)22-21(23)17(3)11-10-16(2)18-6-5-7-20(14-18)24-4;1-8(2)13-10-6-9(7-12-10)11(3,4)5/h5-14H,1-4H3,(H,22,23);6H,1,7H2,2-5H3,(H,12,13)/b16-10+,17-11+;. The molecule has 0 bridgehead atoms. The number of aliphatic imine (C=N–C) groups is 1. The molecule has 196 valence electrons. The molecule has 1 aliphatic heterocycles. The van der Waals surface area contributed by atoms with Gasteiger partial charge in [0.05, 0.1) is 13.7 Å². The first-order chi connectivity index (χ1) is 17.4. The molecule has 1 amide bonds. The van der Waals surface area contributed by atoms with Crippen molar-refractivity contribution < 1.29 is 9.53 Å². The second-order valence-corrected chi connectivity index (χ2v) is 10.3. The predicted octanol–water partition coefficient (Wildman–Crippen LogP) is 7.49. The zero-order valence-corrected chi connectivity index (χ0v) is 23.5. The molecule has 0 aromatic heterocycles. The van der Waals surface area contributed by atoms with E-state index in [4.69, 9.17) is 4.74 Å². The Morgan fingerprint density at radius 1 is 1.03 bits per heavy atom. The molecule has 0 spiro atoms. The second kappa shape index (κ2) is 13.4. The van der Waals surface area contributed by atoms with Crippen molar-refractivity contribution in [1.29, 1.82) is 0 Å². The number of hydrogen-bond donors (Lipinski definition) is 2. The van der Waals surface area contributed by atoms with Crippen LogP contribution in [0.1, 0.15) is 52.7 Å². The molecule has 1 heterocycles. The average Bonchev–Trinajstić information content (AvgIpc) is 3.32. The quantitative estimate of drug-likeness (QED) is 0.320. The molecule has 2 aromatic rings. The molecular weight excluding hydrogens is 458 g/mol. The summed E-state index contributed by atoms with van der Waals surface area (Å²) in [5.41, 5.74) is 7.28. The van der Waals surface area contributed by atoms with Gasteiger partial charge >= 0.3 is 0 Å². The molecule has 3 rings (SSSR count). The highest BCUT2D eigenvalue weighted by atomic mass is 16.5. The summed E-state index contributed by atoms with van der Waals surface area (Å²) >= 11 is 0. The van der Waals surface area contributed by atoms with E-state index in [1.165, 1.54) is 5.57 Å². The van der Waals surface area contributed by atoms with E-state index < -0.39 is 0 Å². The van der Waals surface area contributed by atoms with Gasteiger partial charge in [-0.3, -0.25) is 9.79 Å². The lowest BCUT2D eigenvalue weighted by Gasteiger charge is -2.18. The Kier molecular flexibility index (Phi) is 10.7. The fourth-order valence-corrected chi connectivity index (χ4v) is 3.33. The minimum absolute atomic E-state index is 0.103. The largest absolute Gasteiger partial charge is 0.497 e. The number of anilines is 1. The average molecular weight is 500 g/mol. The minimum Gasteiger partial charge on any atom is -0.497 e. The summed E-state index contributed by atoms with van der Waals surface area (Å²) in [4.78, 5) is 16.6. The monoisotopic (exact) mass is 499 g/mol. The maximum atomic E-state index is 12.2. The highest BCUT2D eigenvalue weighted by molar-refractivity contribution is 6.03. The van der Waals surface area contributed by atoms with Gasteiger partial charge in [-0.05, 0) is 80.2 Å². The van der Waals surface area contributed by atoms with Gasteiger partial charge in [0.15, 0.2) is 0 Å². The summed E-state index contributed by atoms with van der Waals surface area (Å²) in [6, 6.07) is 15.6. The number of ether oxygens (including phenoxy) is 1. The molecule has 0 radical (unpaired) electrons. The van der Waals surface area contributed by atoms with Crippen LogP contribution < -0.4 is 15.4 Å². The van der Waals surface area contributed by atoms with Crippen LogP contribution in [0.15, 0.2) is 95.2 Å². The van der Waals surface area contributed by atoms with Gasteiger partial charge in [-0.2, -0.15) is 0 Å². The summed E-state index contributed by atoms with van der Waals surface area (Å²) in [7, 11) is 1.65. The first-order valence-corrected chi connectivity index (χ1v) is 12.4. The molecule has 1 aliphatic rings. The summed E-state index contributed by atoms with van der Waals surface area (Å²) in [6.45, 7) is 19.0. The number of aryl methyl sites for hydroxylation is 1. The van der Waals surface area contributed by atoms with Crippen molar-refractivity contribution in [2.45, 2.75) is 48.5 Å². The van der Waals surface area contributed by atoms with Crippen LogP contribution in [-0.4, -0.2) is 25.4 Å². The van der Waals surface area contributed by atoms with Gasteiger partial charge in [0.1, 0.15) is 11.6 Å². The van der Waals surface area contributed by atoms with E-state index >= 15 is 0 Å². The Balaban J connectivity index is 0.000000312. The third-order valence-corrected chi connectivity index (χ3v) is 5.81. The summed E-state index contributed by atoms with van der Waals surface area (Å²) < 4.78 is 5.24. The zero-order chi connectivity index (χ0) is 27.6. The van der Waals surface area contributed by atoms with Gasteiger partial charge in [0.25, 0.3) is 5.91 Å². The number of amides is 1. The number of rotatable bonds is 6. The minimum atomic E-state index is -0.103. The Labute approximate surface area is 222 Å². The van der Waals surface area contributed by atoms with Gasteiger partial charge < -0.3 is 15.4 Å². The van der Waals surface area contributed by atoms with Crippen LogP contribution in [0.2, 0.25) is 0 Å². The molecule has 5 nitrogen and oxygen atoms in total. The van der Waals surface area contributed by atoms with Crippen molar-refractivity contribution in [3.8, 4) is 5.75 Å². The Hall–Kier alpha value is -3.86. The number of nitrogens with zero attached hydrogens (tertiary/aromatic N) is 1. The zero-order valence-electron chi connectivity index (χ0n) is 23.5. The van der Waals surface area contributed by atoms with E-state index in [1.54, 1.807) is 14.0 Å². The highest BCUT2D eigenvalue weighted by Crippen LogP contribution is 2.27. The van der Waals surface area contributed by atoms with Gasteiger partial charge in [0.2, 0.25) is 0 Å². The van der Waals surface area contributed by atoms with Gasteiger partial charge in [0, 0.05) is 17.0 Å². The normalized spacial score (nSPS) is 13.6. The molecular formula is C32H41N3O2. The van der Waals surface area contributed by atoms with E-state index in [2.05, 4.69) is 49.1 Å². The molecule has 0 fully saturated rings. The van der Waals surface area contributed by atoms with Crippen molar-refractivity contribution in [1.82, 2.24) is 5.32 Å². The van der Waals surface area contributed by atoms with E-state index in [-0.39, 0.29) is 11.3 Å². The first-order valence-electron chi connectivity index (χ1n) is 12.4. The predicted molar refractivity (Wildman–Crippen MR) is 158 cm³/mol. The molecule has 0 atom stereocenters. The molecule has 2 aromatic carbocycles. The van der Waals surface area contributed by atoms with Crippen molar-refractivity contribution in [2.24, 2.45) is 10.4 Å². The number of hydrogen-bond acceptors (Lipinski definition) is 4. The lowest BCUT2D eigenvalue weighted by molar-refractivity contribution is -0.112. The molecule has 37 heavy (non-hydrogen) atoms. The fourth-order valence-electron chi connectivity index (χ4n) is 3.33. The van der Waals surface area contributed by atoms with E-state index in [0.29, 0.717) is 5.57 Å². The Bertz CT molecular complexity index is 1220. The maximum Gasteiger partial charge on any atom is 0.251 e. The van der Waals surface area contributed by atoms with Crippen LogP contribution in [0.4, 0.5) is 5.69 Å². The van der Waals surface area contributed by atoms with Crippen molar-refractivity contribution >= 4 is 23.0 Å². The Morgan fingerprint density at radius 3 is 2.27 bits per heavy atom. The van der Waals surface area contributed by atoms with Crippen LogP contribution in [0.5, 0.6) is 5.75 Å². The van der Waals surface area contributed by atoms with Crippen molar-refractivity contribution in [3.63, 3.8) is 0 Å².